The number of carbonyl (C=O) groups is 2. The number of carboxylic acid groups (broad SMARTS) is 1. The molecule has 1 saturated heterocycles. The lowest BCUT2D eigenvalue weighted by atomic mass is 10.1. The van der Waals surface area contributed by atoms with Gasteiger partial charge in [-0.15, -0.1) is 0 Å². The third kappa shape index (κ3) is 4.46. The molecule has 1 heterocycles. The maximum absolute atomic E-state index is 12.2. The largest absolute Gasteiger partial charge is 0.481 e. The summed E-state index contributed by atoms with van der Waals surface area (Å²) in [4.78, 5) is 24.6. The van der Waals surface area contributed by atoms with Crippen LogP contribution in [0.4, 0.5) is 10.5 Å². The van der Waals surface area contributed by atoms with Crippen molar-refractivity contribution in [1.29, 1.82) is 0 Å². The van der Waals surface area contributed by atoms with Crippen molar-refractivity contribution in [2.24, 2.45) is 5.92 Å². The molecule has 1 aromatic carbocycles. The van der Waals surface area contributed by atoms with Gasteiger partial charge in [-0.05, 0) is 24.1 Å². The zero-order chi connectivity index (χ0) is 15.2. The van der Waals surface area contributed by atoms with Gasteiger partial charge >= 0.3 is 12.0 Å². The number of rotatable bonds is 5. The van der Waals surface area contributed by atoms with Crippen LogP contribution in [-0.2, 0) is 16.0 Å². The van der Waals surface area contributed by atoms with Crippen LogP contribution in [0.2, 0.25) is 0 Å². The lowest BCUT2D eigenvalue weighted by Crippen LogP contribution is -2.33. The molecule has 0 aliphatic carbocycles. The van der Waals surface area contributed by atoms with E-state index in [4.69, 9.17) is 9.84 Å². The molecule has 1 aliphatic rings. The van der Waals surface area contributed by atoms with Crippen LogP contribution in [0.1, 0.15) is 12.0 Å². The molecule has 6 nitrogen and oxygen atoms in total. The fourth-order valence-corrected chi connectivity index (χ4v) is 2.53. The molecule has 0 bridgehead atoms. The van der Waals surface area contributed by atoms with Gasteiger partial charge in [0.25, 0.3) is 0 Å². The van der Waals surface area contributed by atoms with E-state index < -0.39 is 5.97 Å². The number of methoxy groups -OCH3 is 1. The second kappa shape index (κ2) is 7.08. The Kier molecular flexibility index (Phi) is 5.16. The molecule has 114 valence electrons. The van der Waals surface area contributed by atoms with Crippen molar-refractivity contribution in [1.82, 2.24) is 4.90 Å². The molecule has 1 aromatic rings. The first-order chi connectivity index (χ1) is 10.1. The van der Waals surface area contributed by atoms with Gasteiger partial charge in [-0.1, -0.05) is 12.1 Å². The van der Waals surface area contributed by atoms with Crippen LogP contribution in [0.25, 0.3) is 0 Å². The van der Waals surface area contributed by atoms with Crippen molar-refractivity contribution >= 4 is 17.7 Å². The number of nitrogens with zero attached hydrogens (tertiary/aromatic N) is 1. The van der Waals surface area contributed by atoms with Crippen LogP contribution in [0.15, 0.2) is 24.3 Å². The van der Waals surface area contributed by atoms with E-state index in [0.717, 1.165) is 6.42 Å². The highest BCUT2D eigenvalue weighted by Gasteiger charge is 2.26. The maximum atomic E-state index is 12.2. The molecule has 1 fully saturated rings. The molecule has 0 saturated carbocycles. The van der Waals surface area contributed by atoms with Gasteiger partial charge in [0.05, 0.1) is 13.0 Å². The van der Waals surface area contributed by atoms with Gasteiger partial charge in [0.1, 0.15) is 0 Å². The Balaban J connectivity index is 1.92. The Hall–Kier alpha value is -2.08. The van der Waals surface area contributed by atoms with Crippen molar-refractivity contribution < 1.29 is 19.4 Å². The van der Waals surface area contributed by atoms with Crippen molar-refractivity contribution in [2.45, 2.75) is 12.8 Å². The van der Waals surface area contributed by atoms with Crippen LogP contribution in [0.3, 0.4) is 0 Å². The first kappa shape index (κ1) is 15.3. The molecule has 2 N–H and O–H groups in total. The summed E-state index contributed by atoms with van der Waals surface area (Å²) in [5, 5.41) is 11.6. The first-order valence-corrected chi connectivity index (χ1v) is 6.94. The van der Waals surface area contributed by atoms with Crippen molar-refractivity contribution in [3.63, 3.8) is 0 Å². The van der Waals surface area contributed by atoms with E-state index in [1.807, 2.05) is 0 Å². The highest BCUT2D eigenvalue weighted by molar-refractivity contribution is 5.89. The number of hydrogen-bond acceptors (Lipinski definition) is 3. The van der Waals surface area contributed by atoms with Crippen LogP contribution in [0.5, 0.6) is 0 Å². The fraction of sp³-hybridized carbons (Fsp3) is 0.467. The van der Waals surface area contributed by atoms with Gasteiger partial charge in [-0.3, -0.25) is 4.79 Å². The average Bonchev–Trinajstić information content (AvgIpc) is 2.87. The Labute approximate surface area is 123 Å². The average molecular weight is 292 g/mol. The summed E-state index contributed by atoms with van der Waals surface area (Å²) < 4.78 is 5.11. The lowest BCUT2D eigenvalue weighted by Gasteiger charge is -2.17. The van der Waals surface area contributed by atoms with Crippen molar-refractivity contribution in [3.05, 3.63) is 29.8 Å². The van der Waals surface area contributed by atoms with Crippen LogP contribution in [0, 0.1) is 5.92 Å². The van der Waals surface area contributed by atoms with E-state index in [1.165, 1.54) is 0 Å². The van der Waals surface area contributed by atoms with E-state index in [-0.39, 0.29) is 12.5 Å². The summed E-state index contributed by atoms with van der Waals surface area (Å²) in [6.07, 6.45) is 0.893. The van der Waals surface area contributed by atoms with E-state index >= 15 is 0 Å². The number of carboxylic acids is 1. The van der Waals surface area contributed by atoms with Gasteiger partial charge in [0.2, 0.25) is 0 Å². The Morgan fingerprint density at radius 3 is 3.00 bits per heavy atom. The zero-order valence-corrected chi connectivity index (χ0v) is 12.0. The summed E-state index contributed by atoms with van der Waals surface area (Å²) in [6, 6.07) is 6.77. The lowest BCUT2D eigenvalue weighted by molar-refractivity contribution is -0.136. The van der Waals surface area contributed by atoms with Gasteiger partial charge in [-0.2, -0.15) is 0 Å². The predicted molar refractivity (Wildman–Crippen MR) is 78.4 cm³/mol. The highest BCUT2D eigenvalue weighted by Crippen LogP contribution is 2.18. The van der Waals surface area contributed by atoms with Crippen LogP contribution >= 0.6 is 0 Å². The summed E-state index contributed by atoms with van der Waals surface area (Å²) in [7, 11) is 1.66. The molecule has 1 atom stereocenters. The zero-order valence-electron chi connectivity index (χ0n) is 12.0. The number of ether oxygens (including phenoxy) is 1. The number of amides is 2. The number of urea groups is 1. The minimum Gasteiger partial charge on any atom is -0.481 e. The maximum Gasteiger partial charge on any atom is 0.321 e. The van der Waals surface area contributed by atoms with E-state index in [9.17, 15) is 9.59 Å². The minimum absolute atomic E-state index is 0.0522. The molecule has 2 amide bonds. The number of hydrogen-bond donors (Lipinski definition) is 2. The molecule has 0 aromatic heterocycles. The van der Waals surface area contributed by atoms with E-state index in [2.05, 4.69) is 5.32 Å². The topological polar surface area (TPSA) is 78.9 Å². The van der Waals surface area contributed by atoms with Gasteiger partial charge in [0.15, 0.2) is 0 Å². The number of likely N-dealkylation sites (tertiary alicyclic amines) is 1. The van der Waals surface area contributed by atoms with E-state index in [1.54, 1.807) is 36.3 Å². The molecule has 2 rings (SSSR count). The molecular formula is C15H20N2O4. The molecule has 0 spiro atoms. The Bertz CT molecular complexity index is 518. The minimum atomic E-state index is -0.888. The monoisotopic (exact) mass is 292 g/mol. The molecule has 0 radical (unpaired) electrons. The third-order valence-corrected chi connectivity index (χ3v) is 3.51. The predicted octanol–water partition coefficient (Wildman–Crippen LogP) is 1.81. The Morgan fingerprint density at radius 2 is 2.29 bits per heavy atom. The van der Waals surface area contributed by atoms with Crippen molar-refractivity contribution in [3.8, 4) is 0 Å². The number of anilines is 1. The molecule has 1 unspecified atom stereocenters. The summed E-state index contributed by atoms with van der Waals surface area (Å²) in [6.45, 7) is 2.07. The third-order valence-electron chi connectivity index (χ3n) is 3.51. The fourth-order valence-electron chi connectivity index (χ4n) is 2.53. The first-order valence-electron chi connectivity index (χ1n) is 6.94. The van der Waals surface area contributed by atoms with Crippen molar-refractivity contribution in [2.75, 3.05) is 32.1 Å². The molecule has 1 aliphatic heterocycles. The molecule has 21 heavy (non-hydrogen) atoms. The second-order valence-corrected chi connectivity index (χ2v) is 5.26. The normalized spacial score (nSPS) is 17.8. The number of benzene rings is 1. The molecule has 6 heteroatoms. The number of aliphatic carboxylic acids is 1. The highest BCUT2D eigenvalue weighted by atomic mass is 16.5. The summed E-state index contributed by atoms with van der Waals surface area (Å²) >= 11 is 0. The van der Waals surface area contributed by atoms with E-state index in [0.29, 0.717) is 36.9 Å². The second-order valence-electron chi connectivity index (χ2n) is 5.26. The van der Waals surface area contributed by atoms with Gasteiger partial charge < -0.3 is 20.1 Å². The van der Waals surface area contributed by atoms with Gasteiger partial charge in [0, 0.05) is 31.8 Å². The number of nitrogens with one attached hydrogen (secondary N) is 1. The Morgan fingerprint density at radius 1 is 1.48 bits per heavy atom. The summed E-state index contributed by atoms with van der Waals surface area (Å²) in [5.74, 6) is -0.500. The van der Waals surface area contributed by atoms with Crippen LogP contribution < -0.4 is 5.32 Å². The molecular weight excluding hydrogens is 272 g/mol. The summed E-state index contributed by atoms with van der Waals surface area (Å²) in [5.41, 5.74) is 1.29. The standard InChI is InChI=1S/C15H20N2O4/c1-21-10-12-5-6-17(9-12)15(20)16-13-4-2-3-11(7-13)8-14(18)19/h2-4,7,12H,5-6,8-10H2,1H3,(H,16,20)(H,18,19). The number of carbonyl (C=O) groups excluding carboxylic acids is 1. The SMILES string of the molecule is COCC1CCN(C(=O)Nc2cccc(CC(=O)O)c2)C1. The van der Waals surface area contributed by atoms with Gasteiger partial charge in [-0.25, -0.2) is 4.79 Å². The quantitative estimate of drug-likeness (QED) is 0.867. The van der Waals surface area contributed by atoms with Crippen LogP contribution in [-0.4, -0.2) is 48.8 Å². The smallest absolute Gasteiger partial charge is 0.321 e.